The number of carbonyl (C=O) groups excluding carboxylic acids is 1. The van der Waals surface area contributed by atoms with Gasteiger partial charge in [-0.3, -0.25) is 9.48 Å². The van der Waals surface area contributed by atoms with Gasteiger partial charge in [-0.25, -0.2) is 0 Å². The van der Waals surface area contributed by atoms with E-state index in [0.29, 0.717) is 6.54 Å². The van der Waals surface area contributed by atoms with Gasteiger partial charge < -0.3 is 15.6 Å². The molecule has 6 heteroatoms. The van der Waals surface area contributed by atoms with Crippen molar-refractivity contribution in [2.45, 2.75) is 33.7 Å². The Balaban J connectivity index is 1.49. The number of aromatic amines is 1. The molecule has 0 radical (unpaired) electrons. The fraction of sp³-hybridized carbons (Fsp3) is 0.368. The highest BCUT2D eigenvalue weighted by Gasteiger charge is 2.13. The van der Waals surface area contributed by atoms with Crippen LogP contribution in [0.25, 0.3) is 10.9 Å². The molecule has 0 saturated carbocycles. The van der Waals surface area contributed by atoms with E-state index in [-0.39, 0.29) is 5.91 Å². The minimum absolute atomic E-state index is 0.0409. The number of hydrogen-bond acceptors (Lipinski definition) is 3. The van der Waals surface area contributed by atoms with Crippen molar-refractivity contribution in [3.8, 4) is 0 Å². The van der Waals surface area contributed by atoms with Crippen LogP contribution in [0.2, 0.25) is 0 Å². The van der Waals surface area contributed by atoms with E-state index >= 15 is 0 Å². The zero-order chi connectivity index (χ0) is 17.8. The summed E-state index contributed by atoms with van der Waals surface area (Å²) in [6.45, 7) is 7.77. The van der Waals surface area contributed by atoms with Gasteiger partial charge in [0.2, 0.25) is 5.91 Å². The molecule has 0 aliphatic rings. The molecule has 1 amide bonds. The van der Waals surface area contributed by atoms with Gasteiger partial charge in [0.05, 0.1) is 23.6 Å². The zero-order valence-electron chi connectivity index (χ0n) is 15.0. The van der Waals surface area contributed by atoms with Gasteiger partial charge in [0, 0.05) is 23.6 Å². The van der Waals surface area contributed by atoms with Gasteiger partial charge in [0.15, 0.2) is 0 Å². The first-order valence-electron chi connectivity index (χ1n) is 8.69. The lowest BCUT2D eigenvalue weighted by Crippen LogP contribution is -2.29. The lowest BCUT2D eigenvalue weighted by Gasteiger charge is -2.07. The lowest BCUT2D eigenvalue weighted by atomic mass is 10.1. The van der Waals surface area contributed by atoms with Gasteiger partial charge in [0.1, 0.15) is 0 Å². The molecular weight excluding hydrogens is 314 g/mol. The Morgan fingerprint density at radius 1 is 1.28 bits per heavy atom. The maximum Gasteiger partial charge on any atom is 0.238 e. The topological polar surface area (TPSA) is 74.7 Å². The molecule has 0 bridgehead atoms. The number of aromatic nitrogens is 3. The molecule has 2 aromatic heterocycles. The number of hydrogen-bond donors (Lipinski definition) is 3. The highest BCUT2D eigenvalue weighted by molar-refractivity contribution is 5.93. The SMILES string of the molecule is CCn1nc(C)c(NC(=O)CNCCc2c[nH]c3ccccc23)c1C. The summed E-state index contributed by atoms with van der Waals surface area (Å²) in [6, 6.07) is 8.25. The molecule has 3 N–H and O–H groups in total. The summed E-state index contributed by atoms with van der Waals surface area (Å²) in [4.78, 5) is 15.4. The first kappa shape index (κ1) is 17.2. The minimum Gasteiger partial charge on any atom is -0.361 e. The molecule has 0 unspecified atom stereocenters. The molecule has 132 valence electrons. The monoisotopic (exact) mass is 339 g/mol. The Labute approximate surface area is 147 Å². The first-order chi connectivity index (χ1) is 12.1. The smallest absolute Gasteiger partial charge is 0.238 e. The van der Waals surface area contributed by atoms with Crippen LogP contribution in [-0.2, 0) is 17.8 Å². The second kappa shape index (κ2) is 7.53. The maximum atomic E-state index is 12.2. The second-order valence-corrected chi connectivity index (χ2v) is 6.20. The molecular formula is C19H25N5O. The molecule has 0 spiro atoms. The number of rotatable bonds is 7. The maximum absolute atomic E-state index is 12.2. The fourth-order valence-corrected chi connectivity index (χ4v) is 3.13. The Kier molecular flexibility index (Phi) is 5.19. The summed E-state index contributed by atoms with van der Waals surface area (Å²) in [5, 5.41) is 11.8. The fourth-order valence-electron chi connectivity index (χ4n) is 3.13. The molecule has 0 atom stereocenters. The number of fused-ring (bicyclic) bond motifs is 1. The van der Waals surface area contributed by atoms with Gasteiger partial charge in [-0.05, 0) is 45.4 Å². The van der Waals surface area contributed by atoms with Crippen molar-refractivity contribution in [3.05, 3.63) is 47.4 Å². The number of nitrogens with zero attached hydrogens (tertiary/aromatic N) is 2. The summed E-state index contributed by atoms with van der Waals surface area (Å²) < 4.78 is 1.90. The highest BCUT2D eigenvalue weighted by Crippen LogP contribution is 2.19. The van der Waals surface area contributed by atoms with E-state index in [1.54, 1.807) is 0 Å². The minimum atomic E-state index is -0.0409. The van der Waals surface area contributed by atoms with Gasteiger partial charge in [-0.2, -0.15) is 5.10 Å². The third-order valence-corrected chi connectivity index (χ3v) is 4.48. The van der Waals surface area contributed by atoms with E-state index in [2.05, 4.69) is 32.8 Å². The summed E-state index contributed by atoms with van der Waals surface area (Å²) in [5.74, 6) is -0.0409. The van der Waals surface area contributed by atoms with Crippen molar-refractivity contribution >= 4 is 22.5 Å². The summed E-state index contributed by atoms with van der Waals surface area (Å²) in [5.41, 5.74) is 5.08. The largest absolute Gasteiger partial charge is 0.361 e. The van der Waals surface area contributed by atoms with Crippen LogP contribution in [0.4, 0.5) is 5.69 Å². The van der Waals surface area contributed by atoms with Crippen LogP contribution in [0.1, 0.15) is 23.9 Å². The first-order valence-corrected chi connectivity index (χ1v) is 8.69. The van der Waals surface area contributed by atoms with Crippen molar-refractivity contribution in [2.24, 2.45) is 0 Å². The van der Waals surface area contributed by atoms with Gasteiger partial charge >= 0.3 is 0 Å². The van der Waals surface area contributed by atoms with E-state index in [0.717, 1.165) is 42.1 Å². The predicted octanol–water partition coefficient (Wildman–Crippen LogP) is 2.77. The van der Waals surface area contributed by atoms with E-state index in [1.165, 1.54) is 10.9 Å². The molecule has 0 aliphatic carbocycles. The molecule has 3 aromatic rings. The van der Waals surface area contributed by atoms with E-state index < -0.39 is 0 Å². The van der Waals surface area contributed by atoms with Crippen LogP contribution < -0.4 is 10.6 Å². The lowest BCUT2D eigenvalue weighted by molar-refractivity contribution is -0.115. The highest BCUT2D eigenvalue weighted by atomic mass is 16.1. The Hall–Kier alpha value is -2.60. The van der Waals surface area contributed by atoms with Crippen LogP contribution in [0, 0.1) is 13.8 Å². The molecule has 0 fully saturated rings. The second-order valence-electron chi connectivity index (χ2n) is 6.20. The number of H-pyrrole nitrogens is 1. The van der Waals surface area contributed by atoms with Crippen molar-refractivity contribution in [1.29, 1.82) is 0 Å². The van der Waals surface area contributed by atoms with E-state index in [4.69, 9.17) is 0 Å². The van der Waals surface area contributed by atoms with Crippen molar-refractivity contribution in [2.75, 3.05) is 18.4 Å². The molecule has 25 heavy (non-hydrogen) atoms. The number of nitrogens with one attached hydrogen (secondary N) is 3. The standard InChI is InChI=1S/C19H25N5O/c1-4-24-14(3)19(13(2)23-24)22-18(25)12-20-10-9-15-11-21-17-8-6-5-7-16(15)17/h5-8,11,20-21H,4,9-10,12H2,1-3H3,(H,22,25). The van der Waals surface area contributed by atoms with Crippen LogP contribution >= 0.6 is 0 Å². The zero-order valence-corrected chi connectivity index (χ0v) is 15.0. The molecule has 0 aliphatic heterocycles. The number of benzene rings is 1. The normalized spacial score (nSPS) is 11.2. The van der Waals surface area contributed by atoms with Gasteiger partial charge in [-0.15, -0.1) is 0 Å². The van der Waals surface area contributed by atoms with Gasteiger partial charge in [0.25, 0.3) is 0 Å². The average Bonchev–Trinajstić information content (AvgIpc) is 3.14. The third-order valence-electron chi connectivity index (χ3n) is 4.48. The van der Waals surface area contributed by atoms with Crippen LogP contribution in [0.5, 0.6) is 0 Å². The van der Waals surface area contributed by atoms with Crippen LogP contribution in [0.15, 0.2) is 30.5 Å². The average molecular weight is 339 g/mol. The van der Waals surface area contributed by atoms with Gasteiger partial charge in [-0.1, -0.05) is 18.2 Å². The summed E-state index contributed by atoms with van der Waals surface area (Å²) in [6.07, 6.45) is 2.92. The molecule has 0 saturated heterocycles. The number of carbonyl (C=O) groups is 1. The number of para-hydroxylation sites is 1. The quantitative estimate of drug-likeness (QED) is 0.580. The number of aryl methyl sites for hydroxylation is 2. The van der Waals surface area contributed by atoms with Crippen molar-refractivity contribution in [3.63, 3.8) is 0 Å². The summed E-state index contributed by atoms with van der Waals surface area (Å²) >= 11 is 0. The Morgan fingerprint density at radius 2 is 2.08 bits per heavy atom. The Bertz CT molecular complexity index is 877. The number of anilines is 1. The predicted molar refractivity (Wildman–Crippen MR) is 101 cm³/mol. The van der Waals surface area contributed by atoms with Crippen LogP contribution in [-0.4, -0.2) is 33.8 Å². The molecule has 2 heterocycles. The van der Waals surface area contributed by atoms with Crippen molar-refractivity contribution < 1.29 is 4.79 Å². The molecule has 3 rings (SSSR count). The van der Waals surface area contributed by atoms with Crippen LogP contribution in [0.3, 0.4) is 0 Å². The summed E-state index contributed by atoms with van der Waals surface area (Å²) in [7, 11) is 0. The molecule has 6 nitrogen and oxygen atoms in total. The van der Waals surface area contributed by atoms with Crippen molar-refractivity contribution in [1.82, 2.24) is 20.1 Å². The molecule has 1 aromatic carbocycles. The van der Waals surface area contributed by atoms with E-state index in [9.17, 15) is 4.79 Å². The third kappa shape index (κ3) is 3.74. The number of amides is 1. The van der Waals surface area contributed by atoms with E-state index in [1.807, 2.05) is 43.8 Å². The Morgan fingerprint density at radius 3 is 2.84 bits per heavy atom.